The van der Waals surface area contributed by atoms with Crippen molar-refractivity contribution in [1.29, 1.82) is 0 Å². The van der Waals surface area contributed by atoms with Gasteiger partial charge in [-0.2, -0.15) is 0 Å². The van der Waals surface area contributed by atoms with E-state index in [9.17, 15) is 4.79 Å². The number of fused-ring (bicyclic) bond motifs is 2. The van der Waals surface area contributed by atoms with Crippen LogP contribution in [0.4, 0.5) is 0 Å². The van der Waals surface area contributed by atoms with Crippen molar-refractivity contribution in [2.75, 3.05) is 13.7 Å². The number of carbonyl (C=O) groups excluding carboxylic acids is 1. The first kappa shape index (κ1) is 11.9. The molecule has 2 saturated carbocycles. The maximum Gasteiger partial charge on any atom is 0.220 e. The Labute approximate surface area is 97.9 Å². The summed E-state index contributed by atoms with van der Waals surface area (Å²) in [6.07, 6.45) is 6.16. The third-order valence-electron chi connectivity index (χ3n) is 4.16. The van der Waals surface area contributed by atoms with Crippen LogP contribution in [0.2, 0.25) is 0 Å². The maximum atomic E-state index is 11.8. The maximum absolute atomic E-state index is 11.8. The molecule has 16 heavy (non-hydrogen) atoms. The van der Waals surface area contributed by atoms with Gasteiger partial charge in [0.25, 0.3) is 0 Å². The Balaban J connectivity index is 1.71. The summed E-state index contributed by atoms with van der Waals surface area (Å²) in [5.74, 6) is 2.64. The van der Waals surface area contributed by atoms with Gasteiger partial charge in [0.2, 0.25) is 5.91 Å². The van der Waals surface area contributed by atoms with Crippen LogP contribution in [0.25, 0.3) is 0 Å². The van der Waals surface area contributed by atoms with E-state index in [1.165, 1.54) is 25.7 Å². The molecule has 0 aromatic heterocycles. The van der Waals surface area contributed by atoms with E-state index in [0.717, 1.165) is 18.3 Å². The molecular weight excluding hydrogens is 202 g/mol. The second-order valence-corrected chi connectivity index (χ2v) is 5.56. The van der Waals surface area contributed by atoms with Crippen LogP contribution in [-0.4, -0.2) is 25.7 Å². The Morgan fingerprint density at radius 1 is 1.44 bits per heavy atom. The van der Waals surface area contributed by atoms with Crippen molar-refractivity contribution < 1.29 is 9.53 Å². The Morgan fingerprint density at radius 3 is 2.81 bits per heavy atom. The highest BCUT2D eigenvalue weighted by molar-refractivity contribution is 5.76. The van der Waals surface area contributed by atoms with Crippen LogP contribution < -0.4 is 5.32 Å². The van der Waals surface area contributed by atoms with Gasteiger partial charge in [-0.3, -0.25) is 4.79 Å². The number of rotatable bonds is 5. The van der Waals surface area contributed by atoms with Crippen molar-refractivity contribution >= 4 is 5.91 Å². The van der Waals surface area contributed by atoms with Crippen molar-refractivity contribution in [2.45, 2.75) is 45.1 Å². The van der Waals surface area contributed by atoms with Gasteiger partial charge in [-0.25, -0.2) is 0 Å². The summed E-state index contributed by atoms with van der Waals surface area (Å²) in [5.41, 5.74) is 0. The Bertz CT molecular complexity index is 254. The third-order valence-corrected chi connectivity index (χ3v) is 4.16. The minimum atomic E-state index is 0.135. The van der Waals surface area contributed by atoms with Crippen molar-refractivity contribution in [3.63, 3.8) is 0 Å². The largest absolute Gasteiger partial charge is 0.383 e. The Kier molecular flexibility index (Phi) is 3.85. The molecule has 3 heteroatoms. The highest BCUT2D eigenvalue weighted by Crippen LogP contribution is 2.49. The fraction of sp³-hybridized carbons (Fsp3) is 0.923. The molecule has 3 nitrogen and oxygen atoms in total. The summed E-state index contributed by atoms with van der Waals surface area (Å²) in [7, 11) is 1.67. The van der Waals surface area contributed by atoms with Crippen LogP contribution in [-0.2, 0) is 9.53 Å². The fourth-order valence-corrected chi connectivity index (χ4v) is 3.49. The average molecular weight is 225 g/mol. The second kappa shape index (κ2) is 5.17. The normalized spacial score (nSPS) is 34.0. The van der Waals surface area contributed by atoms with E-state index in [1.807, 2.05) is 6.92 Å². The lowest BCUT2D eigenvalue weighted by molar-refractivity contribution is -0.123. The van der Waals surface area contributed by atoms with Gasteiger partial charge in [0.1, 0.15) is 0 Å². The van der Waals surface area contributed by atoms with Crippen LogP contribution in [0.5, 0.6) is 0 Å². The van der Waals surface area contributed by atoms with Gasteiger partial charge in [0.05, 0.1) is 6.61 Å². The first-order chi connectivity index (χ1) is 7.69. The Hall–Kier alpha value is -0.570. The molecule has 2 fully saturated rings. The molecule has 0 saturated heterocycles. The van der Waals surface area contributed by atoms with Crippen LogP contribution in [0.1, 0.15) is 39.0 Å². The highest BCUT2D eigenvalue weighted by Gasteiger charge is 2.40. The van der Waals surface area contributed by atoms with E-state index < -0.39 is 0 Å². The lowest BCUT2D eigenvalue weighted by Gasteiger charge is -2.22. The van der Waals surface area contributed by atoms with Gasteiger partial charge in [-0.1, -0.05) is 6.42 Å². The van der Waals surface area contributed by atoms with Gasteiger partial charge in [0, 0.05) is 19.6 Å². The standard InChI is InChI=1S/C13H23NO2/c1-9(8-16-2)14-13(15)7-12-6-10-3-4-11(12)5-10/h9-12H,3-8H2,1-2H3,(H,14,15)/t9-,10-,11-,12-/m0/s1. The van der Waals surface area contributed by atoms with E-state index in [0.29, 0.717) is 12.5 Å². The number of hydrogen-bond acceptors (Lipinski definition) is 2. The minimum Gasteiger partial charge on any atom is -0.383 e. The first-order valence-electron chi connectivity index (χ1n) is 6.47. The zero-order valence-corrected chi connectivity index (χ0v) is 10.4. The van der Waals surface area contributed by atoms with Crippen molar-refractivity contribution in [2.24, 2.45) is 17.8 Å². The van der Waals surface area contributed by atoms with E-state index in [4.69, 9.17) is 4.74 Å². The number of carbonyl (C=O) groups is 1. The molecule has 0 spiro atoms. The number of amides is 1. The summed E-state index contributed by atoms with van der Waals surface area (Å²) in [5, 5.41) is 3.00. The van der Waals surface area contributed by atoms with E-state index in [1.54, 1.807) is 7.11 Å². The molecule has 0 unspecified atom stereocenters. The molecule has 0 heterocycles. The van der Waals surface area contributed by atoms with Gasteiger partial charge in [-0.15, -0.1) is 0 Å². The molecule has 0 aromatic carbocycles. The van der Waals surface area contributed by atoms with Gasteiger partial charge in [-0.05, 0) is 43.9 Å². The summed E-state index contributed by atoms with van der Waals surface area (Å²) >= 11 is 0. The smallest absolute Gasteiger partial charge is 0.220 e. The minimum absolute atomic E-state index is 0.135. The van der Waals surface area contributed by atoms with Crippen molar-refractivity contribution in [1.82, 2.24) is 5.32 Å². The lowest BCUT2D eigenvalue weighted by atomic mass is 9.86. The molecule has 0 aromatic rings. The SMILES string of the molecule is COC[C@H](C)NC(=O)C[C@@H]1C[C@H]2CC[C@H]1C2. The number of nitrogens with one attached hydrogen (secondary N) is 1. The highest BCUT2D eigenvalue weighted by atomic mass is 16.5. The van der Waals surface area contributed by atoms with Gasteiger partial charge in [0.15, 0.2) is 0 Å². The summed E-state index contributed by atoms with van der Waals surface area (Å²) in [4.78, 5) is 11.8. The van der Waals surface area contributed by atoms with Crippen LogP contribution in [0.15, 0.2) is 0 Å². The van der Waals surface area contributed by atoms with Crippen LogP contribution in [0.3, 0.4) is 0 Å². The predicted molar refractivity (Wildman–Crippen MR) is 63.0 cm³/mol. The number of ether oxygens (including phenoxy) is 1. The van der Waals surface area contributed by atoms with E-state index >= 15 is 0 Å². The molecule has 1 N–H and O–H groups in total. The summed E-state index contributed by atoms with van der Waals surface area (Å²) in [6, 6.07) is 0.135. The molecule has 2 rings (SSSR count). The number of methoxy groups -OCH3 is 1. The molecule has 2 bridgehead atoms. The fourth-order valence-electron chi connectivity index (χ4n) is 3.49. The molecule has 2 aliphatic rings. The molecule has 0 radical (unpaired) electrons. The zero-order chi connectivity index (χ0) is 11.5. The Morgan fingerprint density at radius 2 is 2.25 bits per heavy atom. The first-order valence-corrected chi connectivity index (χ1v) is 6.47. The van der Waals surface area contributed by atoms with E-state index in [2.05, 4.69) is 5.32 Å². The molecule has 4 atom stereocenters. The lowest BCUT2D eigenvalue weighted by Crippen LogP contribution is -2.37. The molecule has 92 valence electrons. The summed E-state index contributed by atoms with van der Waals surface area (Å²) < 4.78 is 5.01. The average Bonchev–Trinajstić information content (AvgIpc) is 2.78. The molecule has 1 amide bonds. The summed E-state index contributed by atoms with van der Waals surface area (Å²) in [6.45, 7) is 2.59. The topological polar surface area (TPSA) is 38.3 Å². The third kappa shape index (κ3) is 2.76. The van der Waals surface area contributed by atoms with Gasteiger partial charge < -0.3 is 10.1 Å². The quantitative estimate of drug-likeness (QED) is 0.777. The molecule has 0 aliphatic heterocycles. The van der Waals surface area contributed by atoms with Gasteiger partial charge >= 0.3 is 0 Å². The predicted octanol–water partition coefficient (Wildman–Crippen LogP) is 1.96. The molecule has 2 aliphatic carbocycles. The monoisotopic (exact) mass is 225 g/mol. The number of hydrogen-bond donors (Lipinski definition) is 1. The van der Waals surface area contributed by atoms with Crippen LogP contribution in [0, 0.1) is 17.8 Å². The van der Waals surface area contributed by atoms with Crippen molar-refractivity contribution in [3.05, 3.63) is 0 Å². The van der Waals surface area contributed by atoms with E-state index in [-0.39, 0.29) is 11.9 Å². The molecular formula is C13H23NO2. The van der Waals surface area contributed by atoms with Crippen LogP contribution >= 0.6 is 0 Å². The zero-order valence-electron chi connectivity index (χ0n) is 10.4. The van der Waals surface area contributed by atoms with Crippen molar-refractivity contribution in [3.8, 4) is 0 Å². The second-order valence-electron chi connectivity index (χ2n) is 5.56.